The van der Waals surface area contributed by atoms with E-state index >= 15 is 0 Å². The van der Waals surface area contributed by atoms with E-state index in [0.717, 1.165) is 36.1 Å². The molecule has 0 N–H and O–H groups in total. The van der Waals surface area contributed by atoms with Crippen LogP contribution >= 0.6 is 0 Å². The van der Waals surface area contributed by atoms with Crippen LogP contribution < -0.4 is 0 Å². The number of hydrogen-bond donors (Lipinski definition) is 0. The Morgan fingerprint density at radius 3 is 2.46 bits per heavy atom. The fraction of sp³-hybridized carbons (Fsp3) is 0.292. The van der Waals surface area contributed by atoms with Crippen molar-refractivity contribution in [3.8, 4) is 0 Å². The highest BCUT2D eigenvalue weighted by atomic mass is 19.1. The normalized spacial score (nSPS) is 13.9. The first-order valence-corrected chi connectivity index (χ1v) is 9.90. The van der Waals surface area contributed by atoms with Crippen LogP contribution in [-0.2, 0) is 24.4 Å². The summed E-state index contributed by atoms with van der Waals surface area (Å²) < 4.78 is 15.6. The summed E-state index contributed by atoms with van der Waals surface area (Å²) in [7, 11) is 0. The SMILES string of the molecule is O=C(C1CCC1)N(Cc1ccccc1)Cc1cccn1Cc1cccc(F)c1. The second kappa shape index (κ2) is 8.42. The quantitative estimate of drug-likeness (QED) is 0.569. The van der Waals surface area contributed by atoms with E-state index < -0.39 is 0 Å². The Hall–Kier alpha value is -2.88. The second-order valence-corrected chi connectivity index (χ2v) is 7.57. The molecule has 1 aliphatic rings. The van der Waals surface area contributed by atoms with Gasteiger partial charge < -0.3 is 9.47 Å². The first-order chi connectivity index (χ1) is 13.7. The minimum absolute atomic E-state index is 0.162. The number of hydrogen-bond acceptors (Lipinski definition) is 1. The molecule has 3 aromatic rings. The number of carbonyl (C=O) groups excluding carboxylic acids is 1. The van der Waals surface area contributed by atoms with E-state index in [4.69, 9.17) is 0 Å². The average molecular weight is 376 g/mol. The van der Waals surface area contributed by atoms with Gasteiger partial charge in [0.25, 0.3) is 0 Å². The third-order valence-corrected chi connectivity index (χ3v) is 5.50. The van der Waals surface area contributed by atoms with Gasteiger partial charge >= 0.3 is 0 Å². The summed E-state index contributed by atoms with van der Waals surface area (Å²) in [6.07, 6.45) is 5.13. The van der Waals surface area contributed by atoms with Gasteiger partial charge in [-0.05, 0) is 48.2 Å². The summed E-state index contributed by atoms with van der Waals surface area (Å²) in [4.78, 5) is 15.0. The van der Waals surface area contributed by atoms with Gasteiger partial charge in [0.05, 0.1) is 6.54 Å². The molecule has 1 fully saturated rings. The Morgan fingerprint density at radius 1 is 0.964 bits per heavy atom. The molecule has 1 amide bonds. The van der Waals surface area contributed by atoms with Crippen molar-refractivity contribution in [3.05, 3.63) is 95.6 Å². The molecule has 0 aliphatic heterocycles. The molecule has 0 unspecified atom stereocenters. The van der Waals surface area contributed by atoms with Gasteiger partial charge in [-0.3, -0.25) is 4.79 Å². The molecule has 1 heterocycles. The monoisotopic (exact) mass is 376 g/mol. The van der Waals surface area contributed by atoms with Gasteiger partial charge in [-0.15, -0.1) is 0 Å². The molecule has 4 rings (SSSR count). The van der Waals surface area contributed by atoms with Crippen LogP contribution in [0.2, 0.25) is 0 Å². The van der Waals surface area contributed by atoms with E-state index in [2.05, 4.69) is 16.7 Å². The summed E-state index contributed by atoms with van der Waals surface area (Å²) in [5.74, 6) is 0.182. The van der Waals surface area contributed by atoms with Crippen molar-refractivity contribution < 1.29 is 9.18 Å². The van der Waals surface area contributed by atoms with Gasteiger partial charge in [-0.1, -0.05) is 48.9 Å². The van der Waals surface area contributed by atoms with Gasteiger partial charge in [0, 0.05) is 30.9 Å². The fourth-order valence-corrected chi connectivity index (χ4v) is 3.70. The van der Waals surface area contributed by atoms with Crippen LogP contribution in [0.4, 0.5) is 4.39 Å². The Bertz CT molecular complexity index is 931. The van der Waals surface area contributed by atoms with Gasteiger partial charge in [-0.2, -0.15) is 0 Å². The van der Waals surface area contributed by atoms with Crippen LogP contribution in [0, 0.1) is 11.7 Å². The number of nitrogens with zero attached hydrogens (tertiary/aromatic N) is 2. The average Bonchev–Trinajstić information content (AvgIpc) is 3.07. The Balaban J connectivity index is 1.53. The topological polar surface area (TPSA) is 25.2 Å². The van der Waals surface area contributed by atoms with Crippen LogP contribution in [-0.4, -0.2) is 15.4 Å². The molecule has 3 nitrogen and oxygen atoms in total. The van der Waals surface area contributed by atoms with Crippen LogP contribution in [0.25, 0.3) is 0 Å². The standard InChI is InChI=1S/C24H25FN2O/c25-22-12-4-9-20(15-22)17-26-14-6-13-23(26)18-27(24(28)21-10-5-11-21)16-19-7-2-1-3-8-19/h1-4,6-9,12-15,21H,5,10-11,16-18H2. The molecule has 28 heavy (non-hydrogen) atoms. The van der Waals surface area contributed by atoms with Crippen molar-refractivity contribution >= 4 is 5.91 Å². The first kappa shape index (κ1) is 18.5. The van der Waals surface area contributed by atoms with Crippen LogP contribution in [0.3, 0.4) is 0 Å². The lowest BCUT2D eigenvalue weighted by Gasteiger charge is -2.32. The van der Waals surface area contributed by atoms with E-state index in [9.17, 15) is 9.18 Å². The predicted molar refractivity (Wildman–Crippen MR) is 108 cm³/mol. The zero-order chi connectivity index (χ0) is 19.3. The molecule has 2 aromatic carbocycles. The number of carbonyl (C=O) groups is 1. The number of benzene rings is 2. The van der Waals surface area contributed by atoms with Crippen molar-refractivity contribution in [2.75, 3.05) is 0 Å². The van der Waals surface area contributed by atoms with Gasteiger partial charge in [-0.25, -0.2) is 4.39 Å². The molecule has 0 spiro atoms. The summed E-state index contributed by atoms with van der Waals surface area (Å²) >= 11 is 0. The summed E-state index contributed by atoms with van der Waals surface area (Å²) in [6, 6.07) is 20.8. The Kier molecular flexibility index (Phi) is 5.56. The highest BCUT2D eigenvalue weighted by Crippen LogP contribution is 2.29. The van der Waals surface area contributed by atoms with E-state index in [0.29, 0.717) is 19.6 Å². The van der Waals surface area contributed by atoms with E-state index in [1.54, 1.807) is 12.1 Å². The zero-order valence-electron chi connectivity index (χ0n) is 15.9. The lowest BCUT2D eigenvalue weighted by molar-refractivity contribution is -0.139. The number of amides is 1. The maximum Gasteiger partial charge on any atom is 0.226 e. The molecule has 0 atom stereocenters. The molecule has 1 aliphatic carbocycles. The van der Waals surface area contributed by atoms with Crippen LogP contribution in [0.1, 0.15) is 36.1 Å². The minimum Gasteiger partial charge on any atom is -0.345 e. The van der Waals surface area contributed by atoms with Crippen molar-refractivity contribution in [1.82, 2.24) is 9.47 Å². The lowest BCUT2D eigenvalue weighted by atomic mass is 9.84. The van der Waals surface area contributed by atoms with Crippen molar-refractivity contribution in [2.45, 2.75) is 38.9 Å². The van der Waals surface area contributed by atoms with Crippen molar-refractivity contribution in [2.24, 2.45) is 5.92 Å². The fourth-order valence-electron chi connectivity index (χ4n) is 3.70. The van der Waals surface area contributed by atoms with E-state index in [-0.39, 0.29) is 17.6 Å². The summed E-state index contributed by atoms with van der Waals surface area (Å²) in [5, 5.41) is 0. The van der Waals surface area contributed by atoms with Gasteiger partial charge in [0.2, 0.25) is 5.91 Å². The highest BCUT2D eigenvalue weighted by molar-refractivity contribution is 5.79. The smallest absolute Gasteiger partial charge is 0.226 e. The summed E-state index contributed by atoms with van der Waals surface area (Å²) in [5.41, 5.74) is 3.11. The molecule has 0 saturated heterocycles. The number of halogens is 1. The van der Waals surface area contributed by atoms with Crippen molar-refractivity contribution in [1.29, 1.82) is 0 Å². The lowest BCUT2D eigenvalue weighted by Crippen LogP contribution is -2.38. The molecular weight excluding hydrogens is 351 g/mol. The van der Waals surface area contributed by atoms with Crippen LogP contribution in [0.15, 0.2) is 72.9 Å². The highest BCUT2D eigenvalue weighted by Gasteiger charge is 2.29. The van der Waals surface area contributed by atoms with Gasteiger partial charge in [0.1, 0.15) is 5.82 Å². The van der Waals surface area contributed by atoms with Crippen molar-refractivity contribution in [3.63, 3.8) is 0 Å². The molecule has 0 bridgehead atoms. The maximum atomic E-state index is 13.5. The molecule has 1 saturated carbocycles. The largest absolute Gasteiger partial charge is 0.345 e. The maximum absolute atomic E-state index is 13.5. The Labute approximate surface area is 165 Å². The summed E-state index contributed by atoms with van der Waals surface area (Å²) in [6.45, 7) is 1.77. The Morgan fingerprint density at radius 2 is 1.75 bits per heavy atom. The van der Waals surface area contributed by atoms with Crippen LogP contribution in [0.5, 0.6) is 0 Å². The van der Waals surface area contributed by atoms with E-state index in [1.165, 1.54) is 6.07 Å². The van der Waals surface area contributed by atoms with E-state index in [1.807, 2.05) is 47.5 Å². The first-order valence-electron chi connectivity index (χ1n) is 9.90. The zero-order valence-corrected chi connectivity index (χ0v) is 15.9. The molecule has 1 aromatic heterocycles. The third-order valence-electron chi connectivity index (χ3n) is 5.50. The number of rotatable bonds is 7. The van der Waals surface area contributed by atoms with Gasteiger partial charge in [0.15, 0.2) is 0 Å². The molecule has 4 heteroatoms. The number of aromatic nitrogens is 1. The predicted octanol–water partition coefficient (Wildman–Crippen LogP) is 5.00. The minimum atomic E-state index is -0.225. The molecular formula is C24H25FN2O. The molecule has 0 radical (unpaired) electrons. The second-order valence-electron chi connectivity index (χ2n) is 7.57. The third kappa shape index (κ3) is 4.33. The molecule has 144 valence electrons.